The van der Waals surface area contributed by atoms with Crippen molar-refractivity contribution in [2.24, 2.45) is 7.05 Å². The van der Waals surface area contributed by atoms with Gasteiger partial charge in [-0.25, -0.2) is 8.42 Å². The Morgan fingerprint density at radius 1 is 1.03 bits per heavy atom. The Morgan fingerprint density at radius 2 is 1.81 bits per heavy atom. The average Bonchev–Trinajstić information content (AvgIpc) is 3.47. The van der Waals surface area contributed by atoms with Crippen LogP contribution in [0, 0.1) is 0 Å². The summed E-state index contributed by atoms with van der Waals surface area (Å²) in [6, 6.07) is 14.1. The van der Waals surface area contributed by atoms with Crippen molar-refractivity contribution in [2.75, 3.05) is 18.4 Å². The van der Waals surface area contributed by atoms with Crippen LogP contribution in [0.4, 0.5) is 5.69 Å². The smallest absolute Gasteiger partial charge is 0.262 e. The summed E-state index contributed by atoms with van der Waals surface area (Å²) < 4.78 is 30.5. The Hall–Kier alpha value is -3.24. The van der Waals surface area contributed by atoms with Gasteiger partial charge in [0.1, 0.15) is 0 Å². The van der Waals surface area contributed by atoms with Gasteiger partial charge in [-0.05, 0) is 43.2 Å². The zero-order valence-electron chi connectivity index (χ0n) is 17.0. The Balaban J connectivity index is 1.48. The first-order valence-electron chi connectivity index (χ1n) is 10.1. The van der Waals surface area contributed by atoms with E-state index in [1.54, 1.807) is 31.3 Å². The van der Waals surface area contributed by atoms with Crippen molar-refractivity contribution in [1.29, 1.82) is 0 Å². The van der Waals surface area contributed by atoms with Crippen LogP contribution in [0.25, 0.3) is 16.7 Å². The van der Waals surface area contributed by atoms with E-state index in [1.165, 1.54) is 8.87 Å². The Morgan fingerprint density at radius 3 is 2.61 bits per heavy atom. The predicted molar refractivity (Wildman–Crippen MR) is 117 cm³/mol. The van der Waals surface area contributed by atoms with Gasteiger partial charge in [-0.1, -0.05) is 18.2 Å². The highest BCUT2D eigenvalue weighted by Crippen LogP contribution is 2.23. The topological polar surface area (TPSA) is 102 Å². The fourth-order valence-electron chi connectivity index (χ4n) is 4.03. The molecule has 0 amide bonds. The van der Waals surface area contributed by atoms with Crippen molar-refractivity contribution in [3.63, 3.8) is 0 Å². The van der Waals surface area contributed by atoms with Gasteiger partial charge in [0.25, 0.3) is 5.56 Å². The van der Waals surface area contributed by atoms with E-state index in [0.717, 1.165) is 18.4 Å². The van der Waals surface area contributed by atoms with E-state index in [9.17, 15) is 13.2 Å². The first-order valence-corrected chi connectivity index (χ1v) is 11.6. The molecular formula is C21H22N6O3S. The standard InChI is InChI=1S/C21H22N6O3S/c1-25-20(28)17-9-2-3-10-18(17)27-19(23-24-21(25)27)14-22-15-7-6-8-16(13-15)31(29,30)26-11-4-5-12-26/h2-3,6-10,13,22H,4-5,11-12,14H2,1H3. The van der Waals surface area contributed by atoms with Crippen molar-refractivity contribution >= 4 is 32.4 Å². The molecule has 160 valence electrons. The maximum absolute atomic E-state index is 12.8. The highest BCUT2D eigenvalue weighted by atomic mass is 32.2. The van der Waals surface area contributed by atoms with E-state index in [4.69, 9.17) is 0 Å². The van der Waals surface area contributed by atoms with Crippen molar-refractivity contribution in [3.05, 3.63) is 64.7 Å². The fourth-order valence-corrected chi connectivity index (χ4v) is 5.60. The number of hydrogen-bond donors (Lipinski definition) is 1. The molecular weight excluding hydrogens is 416 g/mol. The lowest BCUT2D eigenvalue weighted by atomic mass is 10.2. The first-order chi connectivity index (χ1) is 15.0. The number of hydrogen-bond acceptors (Lipinski definition) is 6. The quantitative estimate of drug-likeness (QED) is 0.511. The Kier molecular flexibility index (Phi) is 4.75. The van der Waals surface area contributed by atoms with Crippen LogP contribution in [-0.2, 0) is 23.6 Å². The van der Waals surface area contributed by atoms with E-state index in [0.29, 0.717) is 42.3 Å². The lowest BCUT2D eigenvalue weighted by Gasteiger charge is -2.16. The molecule has 0 saturated carbocycles. The summed E-state index contributed by atoms with van der Waals surface area (Å²) in [6.45, 7) is 1.45. The molecule has 1 saturated heterocycles. The van der Waals surface area contributed by atoms with Crippen LogP contribution < -0.4 is 10.9 Å². The summed E-state index contributed by atoms with van der Waals surface area (Å²) in [7, 11) is -1.82. The Bertz CT molecular complexity index is 1450. The number of benzene rings is 2. The number of aromatic nitrogens is 4. The molecule has 0 spiro atoms. The van der Waals surface area contributed by atoms with E-state index >= 15 is 0 Å². The van der Waals surface area contributed by atoms with Gasteiger partial charge in [-0.3, -0.25) is 13.8 Å². The molecule has 1 fully saturated rings. The van der Waals surface area contributed by atoms with Crippen LogP contribution in [-0.4, -0.2) is 45.0 Å². The van der Waals surface area contributed by atoms with Crippen LogP contribution in [0.15, 0.2) is 58.2 Å². The number of nitrogens with zero attached hydrogens (tertiary/aromatic N) is 5. The highest BCUT2D eigenvalue weighted by molar-refractivity contribution is 7.89. The normalized spacial score (nSPS) is 15.1. The highest BCUT2D eigenvalue weighted by Gasteiger charge is 2.27. The molecule has 5 rings (SSSR count). The molecule has 0 radical (unpaired) electrons. The number of fused-ring (bicyclic) bond motifs is 3. The first kappa shape index (κ1) is 19.7. The van der Waals surface area contributed by atoms with Crippen molar-refractivity contribution < 1.29 is 8.42 Å². The largest absolute Gasteiger partial charge is 0.378 e. The van der Waals surface area contributed by atoms with Crippen molar-refractivity contribution in [3.8, 4) is 0 Å². The van der Waals surface area contributed by atoms with Gasteiger partial charge >= 0.3 is 0 Å². The second-order valence-corrected chi connectivity index (χ2v) is 9.56. The molecule has 0 unspecified atom stereocenters. The zero-order chi connectivity index (χ0) is 21.6. The van der Waals surface area contributed by atoms with Crippen LogP contribution >= 0.6 is 0 Å². The van der Waals surface area contributed by atoms with Crippen molar-refractivity contribution in [2.45, 2.75) is 24.3 Å². The van der Waals surface area contributed by atoms with Crippen molar-refractivity contribution in [1.82, 2.24) is 23.5 Å². The third-order valence-electron chi connectivity index (χ3n) is 5.68. The van der Waals surface area contributed by atoms with Gasteiger partial charge < -0.3 is 5.32 Å². The number of anilines is 1. The molecule has 0 atom stereocenters. The van der Waals surface area contributed by atoms with Gasteiger partial charge in [0, 0.05) is 25.8 Å². The van der Waals surface area contributed by atoms with Gasteiger partial charge in [0.05, 0.1) is 22.3 Å². The number of para-hydroxylation sites is 1. The number of sulfonamides is 1. The average molecular weight is 439 g/mol. The third kappa shape index (κ3) is 3.28. The molecule has 31 heavy (non-hydrogen) atoms. The molecule has 1 N–H and O–H groups in total. The second kappa shape index (κ2) is 7.47. The van der Waals surface area contributed by atoms with Crippen LogP contribution in [0.1, 0.15) is 18.7 Å². The molecule has 3 heterocycles. The summed E-state index contributed by atoms with van der Waals surface area (Å²) in [4.78, 5) is 12.9. The summed E-state index contributed by atoms with van der Waals surface area (Å²) in [5.74, 6) is 1.07. The molecule has 2 aromatic heterocycles. The summed E-state index contributed by atoms with van der Waals surface area (Å²) in [5, 5.41) is 12.3. The number of aryl methyl sites for hydroxylation is 1. The van der Waals surface area contributed by atoms with Crippen LogP contribution in [0.2, 0.25) is 0 Å². The number of nitrogens with one attached hydrogen (secondary N) is 1. The molecule has 1 aliphatic heterocycles. The van der Waals surface area contributed by atoms with Gasteiger partial charge in [0.15, 0.2) is 5.82 Å². The second-order valence-electron chi connectivity index (χ2n) is 7.63. The van der Waals surface area contributed by atoms with Gasteiger partial charge in [0.2, 0.25) is 15.8 Å². The van der Waals surface area contributed by atoms with Crippen LogP contribution in [0.5, 0.6) is 0 Å². The van der Waals surface area contributed by atoms with E-state index in [1.807, 2.05) is 28.7 Å². The summed E-state index contributed by atoms with van der Waals surface area (Å²) in [5.41, 5.74) is 1.27. The van der Waals surface area contributed by atoms with E-state index in [-0.39, 0.29) is 10.5 Å². The minimum Gasteiger partial charge on any atom is -0.378 e. The monoisotopic (exact) mass is 438 g/mol. The molecule has 10 heteroatoms. The predicted octanol–water partition coefficient (Wildman–Crippen LogP) is 1.98. The maximum Gasteiger partial charge on any atom is 0.262 e. The summed E-state index contributed by atoms with van der Waals surface area (Å²) >= 11 is 0. The molecule has 0 bridgehead atoms. The molecule has 1 aliphatic rings. The molecule has 0 aliphatic carbocycles. The Labute approximate surface area is 179 Å². The molecule has 4 aromatic rings. The zero-order valence-corrected chi connectivity index (χ0v) is 17.8. The van der Waals surface area contributed by atoms with Gasteiger partial charge in [-0.15, -0.1) is 10.2 Å². The van der Waals surface area contributed by atoms with E-state index in [2.05, 4.69) is 15.5 Å². The number of rotatable bonds is 5. The van der Waals surface area contributed by atoms with Gasteiger partial charge in [-0.2, -0.15) is 4.31 Å². The molecule has 2 aromatic carbocycles. The minimum absolute atomic E-state index is 0.130. The molecule has 9 nitrogen and oxygen atoms in total. The van der Waals surface area contributed by atoms with E-state index < -0.39 is 10.0 Å². The lowest BCUT2D eigenvalue weighted by Crippen LogP contribution is -2.27. The summed E-state index contributed by atoms with van der Waals surface area (Å²) in [6.07, 6.45) is 1.79. The maximum atomic E-state index is 12.8. The fraction of sp³-hybridized carbons (Fsp3) is 0.286. The minimum atomic E-state index is -3.49. The van der Waals surface area contributed by atoms with Crippen LogP contribution in [0.3, 0.4) is 0 Å². The SMILES string of the molecule is Cn1c(=O)c2ccccc2n2c(CNc3cccc(S(=O)(=O)N4CCCC4)c3)nnc12. The lowest BCUT2D eigenvalue weighted by molar-refractivity contribution is 0.477. The third-order valence-corrected chi connectivity index (χ3v) is 7.58.